The third-order valence-corrected chi connectivity index (χ3v) is 5.44. The fourth-order valence-corrected chi connectivity index (χ4v) is 4.35. The minimum Gasteiger partial charge on any atom is -0.378 e. The number of ether oxygens (including phenoxy) is 1. The molecule has 0 aromatic heterocycles. The van der Waals surface area contributed by atoms with Gasteiger partial charge < -0.3 is 4.74 Å². The van der Waals surface area contributed by atoms with Crippen LogP contribution >= 0.6 is 0 Å². The fourth-order valence-electron chi connectivity index (χ4n) is 4.35. The monoisotopic (exact) mass is 312 g/mol. The average Bonchev–Trinajstić information content (AvgIpc) is 2.52. The number of halogens is 3. The van der Waals surface area contributed by atoms with Crippen LogP contribution in [0.2, 0.25) is 0 Å². The Balaban J connectivity index is 1.68. The van der Waals surface area contributed by atoms with E-state index in [9.17, 15) is 13.2 Å². The maximum Gasteiger partial charge on any atom is 0.194 e. The SMILES string of the molecule is CCOC1CCC2CC(c3cc(F)c(F)c(F)c3)CCC2C1. The molecule has 0 amide bonds. The summed E-state index contributed by atoms with van der Waals surface area (Å²) < 4.78 is 45.7. The van der Waals surface area contributed by atoms with Gasteiger partial charge in [0.15, 0.2) is 17.5 Å². The summed E-state index contributed by atoms with van der Waals surface area (Å²) in [6, 6.07) is 2.35. The summed E-state index contributed by atoms with van der Waals surface area (Å²) in [6.07, 6.45) is 6.63. The molecule has 4 atom stereocenters. The second-order valence-corrected chi connectivity index (χ2v) is 6.72. The van der Waals surface area contributed by atoms with Crippen LogP contribution in [0.25, 0.3) is 0 Å². The van der Waals surface area contributed by atoms with E-state index in [-0.39, 0.29) is 5.92 Å². The molecule has 0 radical (unpaired) electrons. The van der Waals surface area contributed by atoms with E-state index >= 15 is 0 Å². The second-order valence-electron chi connectivity index (χ2n) is 6.72. The Morgan fingerprint density at radius 1 is 0.955 bits per heavy atom. The van der Waals surface area contributed by atoms with Crippen molar-refractivity contribution in [1.29, 1.82) is 0 Å². The predicted molar refractivity (Wildman–Crippen MR) is 79.2 cm³/mol. The van der Waals surface area contributed by atoms with E-state index < -0.39 is 17.5 Å². The maximum absolute atomic E-state index is 13.4. The van der Waals surface area contributed by atoms with Crippen molar-refractivity contribution >= 4 is 0 Å². The normalized spacial score (nSPS) is 31.8. The van der Waals surface area contributed by atoms with Crippen molar-refractivity contribution in [3.8, 4) is 0 Å². The molecule has 2 aliphatic rings. The zero-order valence-corrected chi connectivity index (χ0v) is 13.0. The van der Waals surface area contributed by atoms with E-state index in [0.29, 0.717) is 23.5 Å². The van der Waals surface area contributed by atoms with Crippen molar-refractivity contribution in [2.45, 2.75) is 57.5 Å². The quantitative estimate of drug-likeness (QED) is 0.698. The van der Waals surface area contributed by atoms with Crippen LogP contribution in [0.3, 0.4) is 0 Å². The lowest BCUT2D eigenvalue weighted by Gasteiger charge is -2.42. The molecule has 1 aromatic rings. The third kappa shape index (κ3) is 3.17. The molecule has 0 bridgehead atoms. The van der Waals surface area contributed by atoms with Gasteiger partial charge in [-0.3, -0.25) is 0 Å². The fraction of sp³-hybridized carbons (Fsp3) is 0.667. The molecule has 2 saturated carbocycles. The van der Waals surface area contributed by atoms with Gasteiger partial charge in [0.05, 0.1) is 6.10 Å². The molecular weight excluding hydrogens is 289 g/mol. The van der Waals surface area contributed by atoms with Gasteiger partial charge in [0.25, 0.3) is 0 Å². The van der Waals surface area contributed by atoms with Gasteiger partial charge in [-0.15, -0.1) is 0 Å². The van der Waals surface area contributed by atoms with Crippen LogP contribution in [0, 0.1) is 29.3 Å². The Kier molecular flexibility index (Phi) is 4.76. The molecule has 22 heavy (non-hydrogen) atoms. The van der Waals surface area contributed by atoms with Crippen molar-refractivity contribution in [1.82, 2.24) is 0 Å². The van der Waals surface area contributed by atoms with Gasteiger partial charge in [-0.1, -0.05) is 0 Å². The van der Waals surface area contributed by atoms with Crippen molar-refractivity contribution in [2.24, 2.45) is 11.8 Å². The highest BCUT2D eigenvalue weighted by molar-refractivity contribution is 5.24. The maximum atomic E-state index is 13.4. The molecule has 2 aliphatic carbocycles. The van der Waals surface area contributed by atoms with E-state index in [4.69, 9.17) is 4.74 Å². The van der Waals surface area contributed by atoms with Crippen molar-refractivity contribution in [3.63, 3.8) is 0 Å². The Bertz CT molecular complexity index is 508. The highest BCUT2D eigenvalue weighted by Gasteiger charge is 2.36. The molecule has 0 heterocycles. The lowest BCUT2D eigenvalue weighted by Crippen LogP contribution is -2.33. The Labute approximate surface area is 129 Å². The molecule has 0 saturated heterocycles. The number of rotatable bonds is 3. The number of fused-ring (bicyclic) bond motifs is 1. The molecule has 2 fully saturated rings. The summed E-state index contributed by atoms with van der Waals surface area (Å²) in [7, 11) is 0. The molecule has 0 N–H and O–H groups in total. The molecule has 1 nitrogen and oxygen atoms in total. The van der Waals surface area contributed by atoms with Gasteiger partial charge in [-0.25, -0.2) is 13.2 Å². The van der Waals surface area contributed by atoms with E-state index in [2.05, 4.69) is 0 Å². The minimum atomic E-state index is -1.37. The van der Waals surface area contributed by atoms with Gasteiger partial charge in [-0.2, -0.15) is 0 Å². The molecule has 3 rings (SSSR count). The largest absolute Gasteiger partial charge is 0.378 e. The number of benzene rings is 1. The zero-order valence-electron chi connectivity index (χ0n) is 13.0. The van der Waals surface area contributed by atoms with Crippen LogP contribution in [0.5, 0.6) is 0 Å². The van der Waals surface area contributed by atoms with Gasteiger partial charge in [0, 0.05) is 6.61 Å². The van der Waals surface area contributed by atoms with Gasteiger partial charge in [0.1, 0.15) is 0 Å². The van der Waals surface area contributed by atoms with Crippen LogP contribution in [0.4, 0.5) is 13.2 Å². The van der Waals surface area contributed by atoms with Crippen LogP contribution in [0.1, 0.15) is 56.9 Å². The van der Waals surface area contributed by atoms with Crippen LogP contribution in [-0.4, -0.2) is 12.7 Å². The first kappa shape index (κ1) is 15.9. The smallest absolute Gasteiger partial charge is 0.194 e. The van der Waals surface area contributed by atoms with Gasteiger partial charge in [0.2, 0.25) is 0 Å². The van der Waals surface area contributed by atoms with Crippen molar-refractivity contribution in [3.05, 3.63) is 35.1 Å². The molecule has 4 heteroatoms. The zero-order chi connectivity index (χ0) is 15.7. The van der Waals surface area contributed by atoms with Crippen molar-refractivity contribution in [2.75, 3.05) is 6.61 Å². The van der Waals surface area contributed by atoms with E-state index in [1.165, 1.54) is 12.1 Å². The molecule has 4 unspecified atom stereocenters. The van der Waals surface area contributed by atoms with Crippen LogP contribution in [0.15, 0.2) is 12.1 Å². The Hall–Kier alpha value is -1.03. The second kappa shape index (κ2) is 6.61. The summed E-state index contributed by atoms with van der Waals surface area (Å²) >= 11 is 0. The van der Waals surface area contributed by atoms with Crippen LogP contribution in [-0.2, 0) is 4.74 Å². The van der Waals surface area contributed by atoms with Crippen molar-refractivity contribution < 1.29 is 17.9 Å². The average molecular weight is 312 g/mol. The number of hydrogen-bond acceptors (Lipinski definition) is 1. The topological polar surface area (TPSA) is 9.23 Å². The molecule has 1 aromatic carbocycles. The summed E-state index contributed by atoms with van der Waals surface area (Å²) in [5.41, 5.74) is 0.613. The highest BCUT2D eigenvalue weighted by atomic mass is 19.2. The molecular formula is C18H23F3O. The summed E-state index contributed by atoms with van der Waals surface area (Å²) in [6.45, 7) is 2.79. The summed E-state index contributed by atoms with van der Waals surface area (Å²) in [5.74, 6) is -2.10. The Morgan fingerprint density at radius 2 is 1.59 bits per heavy atom. The first-order chi connectivity index (χ1) is 10.6. The standard InChI is InChI=1S/C18H23F3O/c1-2-22-15-6-5-11-7-12(3-4-13(11)8-15)14-9-16(19)18(21)17(20)10-14/h9-13,15H,2-8H2,1H3. The van der Waals surface area contributed by atoms with E-state index in [1.807, 2.05) is 6.92 Å². The highest BCUT2D eigenvalue weighted by Crippen LogP contribution is 2.46. The summed E-state index contributed by atoms with van der Waals surface area (Å²) in [4.78, 5) is 0. The molecule has 0 spiro atoms. The Morgan fingerprint density at radius 3 is 2.27 bits per heavy atom. The molecule has 122 valence electrons. The van der Waals surface area contributed by atoms with Gasteiger partial charge in [-0.05, 0) is 80.9 Å². The lowest BCUT2D eigenvalue weighted by atomic mass is 9.65. The van der Waals surface area contributed by atoms with Crippen LogP contribution < -0.4 is 0 Å². The van der Waals surface area contributed by atoms with E-state index in [1.54, 1.807) is 0 Å². The van der Waals surface area contributed by atoms with E-state index in [0.717, 1.165) is 45.1 Å². The third-order valence-electron chi connectivity index (χ3n) is 5.44. The predicted octanol–water partition coefficient (Wildman–Crippen LogP) is 5.19. The summed E-state index contributed by atoms with van der Waals surface area (Å²) in [5, 5.41) is 0. The minimum absolute atomic E-state index is 0.148. The first-order valence-electron chi connectivity index (χ1n) is 8.34. The first-order valence-corrected chi connectivity index (χ1v) is 8.34. The lowest BCUT2D eigenvalue weighted by molar-refractivity contribution is -0.00957. The van der Waals surface area contributed by atoms with Gasteiger partial charge >= 0.3 is 0 Å². The number of hydrogen-bond donors (Lipinski definition) is 0. The molecule has 0 aliphatic heterocycles.